The lowest BCUT2D eigenvalue weighted by Crippen LogP contribution is -2.37. The Bertz CT molecular complexity index is 1520. The molecule has 1 aliphatic heterocycles. The van der Waals surface area contributed by atoms with Crippen LogP contribution in [0.4, 0.5) is 5.82 Å². The maximum Gasteiger partial charge on any atom is 0.259 e. The van der Waals surface area contributed by atoms with Crippen molar-refractivity contribution in [1.82, 2.24) is 9.38 Å². The molecule has 1 aliphatic rings. The average molecular weight is 430 g/mol. The number of morpholine rings is 1. The standard InChI is InChI=1S/C24H19N3O3S/c28-18-8-7-15(23-22(18)17-4-1-2-6-19(17)31-23)16-5-3-9-27-21(29)14-20(25-24(16)27)26-10-12-30-13-11-26/h1-9,14,28H,10-13H2. The van der Waals surface area contributed by atoms with Gasteiger partial charge in [-0.15, -0.1) is 11.3 Å². The highest BCUT2D eigenvalue weighted by Crippen LogP contribution is 2.44. The van der Waals surface area contributed by atoms with Gasteiger partial charge in [0.25, 0.3) is 5.56 Å². The Morgan fingerprint density at radius 2 is 1.84 bits per heavy atom. The van der Waals surface area contributed by atoms with Gasteiger partial charge in [0, 0.05) is 56.7 Å². The molecule has 31 heavy (non-hydrogen) atoms. The minimum absolute atomic E-state index is 0.111. The molecule has 0 radical (unpaired) electrons. The van der Waals surface area contributed by atoms with Crippen molar-refractivity contribution in [2.75, 3.05) is 31.2 Å². The average Bonchev–Trinajstić information content (AvgIpc) is 3.20. The van der Waals surface area contributed by atoms with Crippen LogP contribution in [0.1, 0.15) is 0 Å². The van der Waals surface area contributed by atoms with Gasteiger partial charge in [0.2, 0.25) is 0 Å². The number of benzene rings is 2. The van der Waals surface area contributed by atoms with Gasteiger partial charge in [0.1, 0.15) is 17.2 Å². The van der Waals surface area contributed by atoms with E-state index >= 15 is 0 Å². The van der Waals surface area contributed by atoms with Crippen molar-refractivity contribution in [2.24, 2.45) is 0 Å². The molecular formula is C24H19N3O3S. The summed E-state index contributed by atoms with van der Waals surface area (Å²) in [5, 5.41) is 12.5. The minimum atomic E-state index is -0.111. The Morgan fingerprint density at radius 3 is 2.71 bits per heavy atom. The van der Waals surface area contributed by atoms with E-state index in [0.717, 1.165) is 31.3 Å². The first-order chi connectivity index (χ1) is 15.2. The van der Waals surface area contributed by atoms with Gasteiger partial charge in [0.15, 0.2) is 0 Å². The zero-order chi connectivity index (χ0) is 20.9. The Morgan fingerprint density at radius 1 is 1.00 bits per heavy atom. The van der Waals surface area contributed by atoms with Crippen molar-refractivity contribution < 1.29 is 9.84 Å². The number of fused-ring (bicyclic) bond motifs is 4. The topological polar surface area (TPSA) is 67.1 Å². The number of phenolic OH excluding ortho intramolecular Hbond substituents is 1. The number of nitrogens with zero attached hydrogens (tertiary/aromatic N) is 3. The van der Waals surface area contributed by atoms with Gasteiger partial charge in [-0.3, -0.25) is 9.20 Å². The SMILES string of the molecule is O=c1cc(N2CCOCC2)nc2c(-c3ccc(O)c4c3sc3ccccc34)cccn12. The summed E-state index contributed by atoms with van der Waals surface area (Å²) in [5.74, 6) is 0.933. The lowest BCUT2D eigenvalue weighted by Gasteiger charge is -2.27. The number of rotatable bonds is 2. The first kappa shape index (κ1) is 18.4. The molecule has 7 heteroatoms. The maximum atomic E-state index is 12.9. The third kappa shape index (κ3) is 2.89. The molecule has 6 rings (SSSR count). The summed E-state index contributed by atoms with van der Waals surface area (Å²) in [5.41, 5.74) is 2.32. The number of hydrogen-bond donors (Lipinski definition) is 1. The van der Waals surface area contributed by atoms with E-state index in [0.29, 0.717) is 37.8 Å². The summed E-state index contributed by atoms with van der Waals surface area (Å²) in [4.78, 5) is 19.9. The number of aromatic hydroxyl groups is 1. The summed E-state index contributed by atoms with van der Waals surface area (Å²) < 4.78 is 9.13. The van der Waals surface area contributed by atoms with Crippen LogP contribution in [0.15, 0.2) is 65.6 Å². The van der Waals surface area contributed by atoms with E-state index in [1.807, 2.05) is 36.4 Å². The van der Waals surface area contributed by atoms with Crippen molar-refractivity contribution in [3.8, 4) is 16.9 Å². The molecule has 1 saturated heterocycles. The second-order valence-corrected chi connectivity index (χ2v) is 8.65. The third-order valence-electron chi connectivity index (χ3n) is 5.81. The molecule has 6 nitrogen and oxygen atoms in total. The van der Waals surface area contributed by atoms with Crippen LogP contribution < -0.4 is 10.5 Å². The molecule has 0 unspecified atom stereocenters. The largest absolute Gasteiger partial charge is 0.507 e. The van der Waals surface area contributed by atoms with Crippen LogP contribution in [-0.4, -0.2) is 40.8 Å². The molecule has 154 valence electrons. The van der Waals surface area contributed by atoms with Gasteiger partial charge in [0.05, 0.1) is 13.2 Å². The maximum absolute atomic E-state index is 12.9. The molecule has 0 saturated carbocycles. The molecular weight excluding hydrogens is 410 g/mol. The second kappa shape index (κ2) is 7.08. The summed E-state index contributed by atoms with van der Waals surface area (Å²) in [6.07, 6.45) is 1.75. The fourth-order valence-corrected chi connectivity index (χ4v) is 5.55. The lowest BCUT2D eigenvalue weighted by atomic mass is 10.0. The molecule has 0 amide bonds. The first-order valence-corrected chi connectivity index (χ1v) is 11.0. The Labute approximate surface area is 181 Å². The number of hydrogen-bond acceptors (Lipinski definition) is 6. The Balaban J connectivity index is 1.65. The predicted octanol–water partition coefficient (Wildman–Crippen LogP) is 4.27. The van der Waals surface area contributed by atoms with Gasteiger partial charge in [-0.05, 0) is 30.3 Å². The Kier molecular flexibility index (Phi) is 4.19. The van der Waals surface area contributed by atoms with Crippen LogP contribution >= 0.6 is 11.3 Å². The highest BCUT2D eigenvalue weighted by molar-refractivity contribution is 7.26. The molecule has 3 aromatic heterocycles. The van der Waals surface area contributed by atoms with Crippen molar-refractivity contribution >= 4 is 43.0 Å². The summed E-state index contributed by atoms with van der Waals surface area (Å²) in [6.45, 7) is 2.68. The van der Waals surface area contributed by atoms with Gasteiger partial charge in [-0.1, -0.05) is 18.2 Å². The number of aromatic nitrogens is 2. The fraction of sp³-hybridized carbons (Fsp3) is 0.167. The number of pyridine rings is 1. The number of ether oxygens (including phenoxy) is 1. The molecule has 0 aliphatic carbocycles. The first-order valence-electron chi connectivity index (χ1n) is 10.2. The smallest absolute Gasteiger partial charge is 0.259 e. The van der Waals surface area contributed by atoms with E-state index in [4.69, 9.17) is 9.72 Å². The normalized spacial score (nSPS) is 14.6. The van der Waals surface area contributed by atoms with Crippen LogP contribution in [0, 0.1) is 0 Å². The predicted molar refractivity (Wildman–Crippen MR) is 124 cm³/mol. The quantitative estimate of drug-likeness (QED) is 0.454. The highest BCUT2D eigenvalue weighted by Gasteiger charge is 2.19. The minimum Gasteiger partial charge on any atom is -0.507 e. The van der Waals surface area contributed by atoms with E-state index in [1.165, 1.54) is 0 Å². The van der Waals surface area contributed by atoms with Crippen LogP contribution in [0.2, 0.25) is 0 Å². The van der Waals surface area contributed by atoms with E-state index in [1.54, 1.807) is 34.1 Å². The van der Waals surface area contributed by atoms with Gasteiger partial charge < -0.3 is 14.7 Å². The van der Waals surface area contributed by atoms with Gasteiger partial charge in [-0.2, -0.15) is 0 Å². The lowest BCUT2D eigenvalue weighted by molar-refractivity contribution is 0.122. The van der Waals surface area contributed by atoms with Crippen LogP contribution in [0.3, 0.4) is 0 Å². The van der Waals surface area contributed by atoms with Crippen molar-refractivity contribution in [1.29, 1.82) is 0 Å². The zero-order valence-corrected chi connectivity index (χ0v) is 17.4. The number of anilines is 1. The van der Waals surface area contributed by atoms with Crippen LogP contribution in [0.5, 0.6) is 5.75 Å². The van der Waals surface area contributed by atoms with Crippen molar-refractivity contribution in [3.63, 3.8) is 0 Å². The molecule has 1 N–H and O–H groups in total. The Hall–Kier alpha value is -3.42. The monoisotopic (exact) mass is 429 g/mol. The van der Waals surface area contributed by atoms with Crippen LogP contribution in [-0.2, 0) is 4.74 Å². The molecule has 0 spiro atoms. The van der Waals surface area contributed by atoms with E-state index in [-0.39, 0.29) is 11.3 Å². The summed E-state index contributed by atoms with van der Waals surface area (Å²) in [6, 6.07) is 17.2. The van der Waals surface area contributed by atoms with Crippen molar-refractivity contribution in [3.05, 3.63) is 71.1 Å². The van der Waals surface area contributed by atoms with Crippen molar-refractivity contribution in [2.45, 2.75) is 0 Å². The number of thiophene rings is 1. The third-order valence-corrected chi connectivity index (χ3v) is 7.01. The number of phenols is 1. The van der Waals surface area contributed by atoms with Crippen LogP contribution in [0.25, 0.3) is 36.9 Å². The zero-order valence-electron chi connectivity index (χ0n) is 16.6. The molecule has 4 heterocycles. The molecule has 2 aromatic carbocycles. The fourth-order valence-electron chi connectivity index (χ4n) is 4.30. The van der Waals surface area contributed by atoms with E-state index in [2.05, 4.69) is 11.0 Å². The molecule has 0 bridgehead atoms. The molecule has 0 atom stereocenters. The van der Waals surface area contributed by atoms with E-state index in [9.17, 15) is 9.90 Å². The second-order valence-electron chi connectivity index (χ2n) is 7.60. The molecule has 1 fully saturated rings. The van der Waals surface area contributed by atoms with Gasteiger partial charge >= 0.3 is 0 Å². The highest BCUT2D eigenvalue weighted by atomic mass is 32.1. The summed E-state index contributed by atoms with van der Waals surface area (Å²) in [7, 11) is 0. The van der Waals surface area contributed by atoms with Gasteiger partial charge in [-0.25, -0.2) is 4.98 Å². The molecule has 5 aromatic rings. The summed E-state index contributed by atoms with van der Waals surface area (Å²) >= 11 is 1.64. The van der Waals surface area contributed by atoms with E-state index < -0.39 is 0 Å².